The maximum absolute atomic E-state index is 11.8. The van der Waals surface area contributed by atoms with Crippen LogP contribution in [0.1, 0.15) is 25.7 Å². The molecule has 2 fully saturated rings. The molecular formula is C11H19NO3. The molecule has 2 aliphatic heterocycles. The zero-order valence-electron chi connectivity index (χ0n) is 9.04. The molecular weight excluding hydrogens is 194 g/mol. The zero-order valence-corrected chi connectivity index (χ0v) is 9.04. The minimum absolute atomic E-state index is 0.0832. The second-order valence-electron chi connectivity index (χ2n) is 4.22. The molecule has 86 valence electrons. The van der Waals surface area contributed by atoms with E-state index in [9.17, 15) is 4.79 Å². The largest absolute Gasteiger partial charge is 0.378 e. The van der Waals surface area contributed by atoms with E-state index in [-0.39, 0.29) is 11.8 Å². The van der Waals surface area contributed by atoms with Crippen molar-refractivity contribution in [1.29, 1.82) is 0 Å². The van der Waals surface area contributed by atoms with Gasteiger partial charge in [-0.3, -0.25) is 4.79 Å². The molecule has 1 N–H and O–H groups in total. The van der Waals surface area contributed by atoms with Crippen LogP contribution in [0.5, 0.6) is 0 Å². The summed E-state index contributed by atoms with van der Waals surface area (Å²) in [5, 5.41) is 3.18. The summed E-state index contributed by atoms with van der Waals surface area (Å²) in [6, 6.07) is -0.0832. The van der Waals surface area contributed by atoms with E-state index in [1.54, 1.807) is 0 Å². The van der Waals surface area contributed by atoms with Gasteiger partial charge in [0.15, 0.2) is 5.78 Å². The van der Waals surface area contributed by atoms with Crippen LogP contribution < -0.4 is 5.32 Å². The van der Waals surface area contributed by atoms with E-state index in [4.69, 9.17) is 9.47 Å². The molecule has 4 heteroatoms. The maximum Gasteiger partial charge on any atom is 0.152 e. The molecule has 0 spiro atoms. The summed E-state index contributed by atoms with van der Waals surface area (Å²) >= 11 is 0. The van der Waals surface area contributed by atoms with Gasteiger partial charge in [-0.15, -0.1) is 0 Å². The van der Waals surface area contributed by atoms with E-state index in [0.29, 0.717) is 19.1 Å². The van der Waals surface area contributed by atoms with E-state index in [2.05, 4.69) is 5.32 Å². The van der Waals surface area contributed by atoms with Crippen molar-refractivity contribution >= 4 is 5.78 Å². The summed E-state index contributed by atoms with van der Waals surface area (Å²) in [6.07, 6.45) is 4.06. The summed E-state index contributed by atoms with van der Waals surface area (Å²) in [4.78, 5) is 11.8. The highest BCUT2D eigenvalue weighted by atomic mass is 16.5. The molecule has 2 aliphatic rings. The predicted molar refractivity (Wildman–Crippen MR) is 55.8 cm³/mol. The monoisotopic (exact) mass is 213 g/mol. The normalized spacial score (nSPS) is 31.7. The first kappa shape index (κ1) is 11.0. The van der Waals surface area contributed by atoms with Crippen LogP contribution in [0.4, 0.5) is 0 Å². The average molecular weight is 213 g/mol. The second kappa shape index (κ2) is 5.58. The van der Waals surface area contributed by atoms with Crippen molar-refractivity contribution in [2.24, 2.45) is 0 Å². The van der Waals surface area contributed by atoms with Crippen molar-refractivity contribution in [3.05, 3.63) is 0 Å². The van der Waals surface area contributed by atoms with Gasteiger partial charge in [-0.2, -0.15) is 0 Å². The van der Waals surface area contributed by atoms with E-state index >= 15 is 0 Å². The Bertz CT molecular complexity index is 208. The van der Waals surface area contributed by atoms with Crippen molar-refractivity contribution in [2.75, 3.05) is 26.4 Å². The SMILES string of the molecule is O=C(CCC1CCCO1)C1COCCN1. The molecule has 4 nitrogen and oxygen atoms in total. The molecule has 0 aliphatic carbocycles. The highest BCUT2D eigenvalue weighted by Crippen LogP contribution is 2.17. The molecule has 0 bridgehead atoms. The van der Waals surface area contributed by atoms with E-state index in [0.717, 1.165) is 39.0 Å². The summed E-state index contributed by atoms with van der Waals surface area (Å²) in [5.41, 5.74) is 0. The van der Waals surface area contributed by atoms with Crippen LogP contribution in [0.25, 0.3) is 0 Å². The highest BCUT2D eigenvalue weighted by molar-refractivity contribution is 5.84. The first-order chi connectivity index (χ1) is 7.36. The van der Waals surface area contributed by atoms with Gasteiger partial charge < -0.3 is 14.8 Å². The first-order valence-corrected chi connectivity index (χ1v) is 5.82. The Labute approximate surface area is 90.3 Å². The molecule has 0 saturated carbocycles. The summed E-state index contributed by atoms with van der Waals surface area (Å²) in [5.74, 6) is 0.269. The Balaban J connectivity index is 1.66. The van der Waals surface area contributed by atoms with Gasteiger partial charge in [0.1, 0.15) is 0 Å². The number of rotatable bonds is 4. The van der Waals surface area contributed by atoms with Crippen molar-refractivity contribution in [3.63, 3.8) is 0 Å². The van der Waals surface area contributed by atoms with Crippen molar-refractivity contribution in [3.8, 4) is 0 Å². The van der Waals surface area contributed by atoms with Crippen LogP contribution in [0.3, 0.4) is 0 Å². The van der Waals surface area contributed by atoms with Crippen LogP contribution >= 0.6 is 0 Å². The Hall–Kier alpha value is -0.450. The fourth-order valence-electron chi connectivity index (χ4n) is 2.12. The van der Waals surface area contributed by atoms with Gasteiger partial charge >= 0.3 is 0 Å². The quantitative estimate of drug-likeness (QED) is 0.739. The van der Waals surface area contributed by atoms with Crippen LogP contribution in [0.2, 0.25) is 0 Å². The van der Waals surface area contributed by atoms with Crippen LogP contribution in [-0.2, 0) is 14.3 Å². The number of nitrogens with one attached hydrogen (secondary N) is 1. The molecule has 2 rings (SSSR count). The molecule has 2 unspecified atom stereocenters. The predicted octanol–water partition coefficient (Wildman–Crippen LogP) is 0.503. The minimum Gasteiger partial charge on any atom is -0.378 e. The highest BCUT2D eigenvalue weighted by Gasteiger charge is 2.23. The molecule has 0 aromatic carbocycles. The van der Waals surface area contributed by atoms with Gasteiger partial charge in [-0.25, -0.2) is 0 Å². The Morgan fingerprint density at radius 3 is 3.00 bits per heavy atom. The van der Waals surface area contributed by atoms with Gasteiger partial charge in [0.25, 0.3) is 0 Å². The fourth-order valence-corrected chi connectivity index (χ4v) is 2.12. The fraction of sp³-hybridized carbons (Fsp3) is 0.909. The number of Topliss-reactive ketones (excluding diaryl/α,β-unsaturated/α-hetero) is 1. The molecule has 0 amide bonds. The number of carbonyl (C=O) groups excluding carboxylic acids is 1. The van der Waals surface area contributed by atoms with Gasteiger partial charge in [-0.05, 0) is 19.3 Å². The zero-order chi connectivity index (χ0) is 10.5. The Morgan fingerprint density at radius 1 is 1.40 bits per heavy atom. The lowest BCUT2D eigenvalue weighted by atomic mass is 10.0. The van der Waals surface area contributed by atoms with Crippen LogP contribution in [0, 0.1) is 0 Å². The third-order valence-electron chi connectivity index (χ3n) is 3.05. The second-order valence-corrected chi connectivity index (χ2v) is 4.22. The molecule has 0 radical (unpaired) electrons. The average Bonchev–Trinajstić information content (AvgIpc) is 2.80. The van der Waals surface area contributed by atoms with Crippen LogP contribution in [0.15, 0.2) is 0 Å². The lowest BCUT2D eigenvalue weighted by Gasteiger charge is -2.22. The van der Waals surface area contributed by atoms with Crippen molar-refractivity contribution < 1.29 is 14.3 Å². The van der Waals surface area contributed by atoms with E-state index in [1.165, 1.54) is 0 Å². The molecule has 2 heterocycles. The lowest BCUT2D eigenvalue weighted by molar-refractivity contribution is -0.124. The Morgan fingerprint density at radius 2 is 2.33 bits per heavy atom. The lowest BCUT2D eigenvalue weighted by Crippen LogP contribution is -2.46. The van der Waals surface area contributed by atoms with Gasteiger partial charge in [0.05, 0.1) is 25.4 Å². The first-order valence-electron chi connectivity index (χ1n) is 5.82. The third-order valence-corrected chi connectivity index (χ3v) is 3.05. The minimum atomic E-state index is -0.0832. The van der Waals surface area contributed by atoms with Crippen molar-refractivity contribution in [1.82, 2.24) is 5.32 Å². The smallest absolute Gasteiger partial charge is 0.152 e. The number of hydrogen-bond acceptors (Lipinski definition) is 4. The van der Waals surface area contributed by atoms with Gasteiger partial charge in [-0.1, -0.05) is 0 Å². The maximum atomic E-state index is 11.8. The molecule has 15 heavy (non-hydrogen) atoms. The standard InChI is InChI=1S/C11H19NO3/c13-11(10-8-14-7-5-12-10)4-3-9-2-1-6-15-9/h9-10,12H,1-8H2. The number of hydrogen-bond donors (Lipinski definition) is 1. The Kier molecular flexibility index (Phi) is 4.11. The third kappa shape index (κ3) is 3.26. The van der Waals surface area contributed by atoms with Crippen LogP contribution in [-0.4, -0.2) is 44.3 Å². The molecule has 0 aromatic rings. The summed E-state index contributed by atoms with van der Waals surface area (Å²) in [7, 11) is 0. The molecule has 2 atom stereocenters. The number of ketones is 1. The number of carbonyl (C=O) groups is 1. The number of ether oxygens (including phenoxy) is 2. The van der Waals surface area contributed by atoms with E-state index < -0.39 is 0 Å². The number of morpholine rings is 1. The van der Waals surface area contributed by atoms with Crippen molar-refractivity contribution in [2.45, 2.75) is 37.8 Å². The molecule has 0 aromatic heterocycles. The van der Waals surface area contributed by atoms with E-state index in [1.807, 2.05) is 0 Å². The van der Waals surface area contributed by atoms with Gasteiger partial charge in [0.2, 0.25) is 0 Å². The summed E-state index contributed by atoms with van der Waals surface area (Å²) < 4.78 is 10.7. The molecule has 2 saturated heterocycles. The topological polar surface area (TPSA) is 47.6 Å². The van der Waals surface area contributed by atoms with Gasteiger partial charge in [0, 0.05) is 19.6 Å². The summed E-state index contributed by atoms with van der Waals surface area (Å²) in [6.45, 7) is 2.90.